The van der Waals surface area contributed by atoms with Gasteiger partial charge in [0.05, 0.1) is 11.2 Å². The van der Waals surface area contributed by atoms with Crippen LogP contribution in [0.5, 0.6) is 0 Å². The summed E-state index contributed by atoms with van der Waals surface area (Å²) >= 11 is 0. The van der Waals surface area contributed by atoms with E-state index in [0.29, 0.717) is 11.7 Å². The van der Waals surface area contributed by atoms with Crippen molar-refractivity contribution < 1.29 is 4.42 Å². The molecule has 0 saturated heterocycles. The molecule has 0 saturated carbocycles. The molecule has 0 fully saturated rings. The van der Waals surface area contributed by atoms with Crippen molar-refractivity contribution in [1.82, 2.24) is 15.0 Å². The highest BCUT2D eigenvalue weighted by molar-refractivity contribution is 5.96. The summed E-state index contributed by atoms with van der Waals surface area (Å²) in [5.74, 6) is 1.26. The molecule has 0 atom stereocenters. The Bertz CT molecular complexity index is 1840. The fourth-order valence-electron chi connectivity index (χ4n) is 4.55. The highest BCUT2D eigenvalue weighted by Gasteiger charge is 2.14. The third kappa shape index (κ3) is 3.44. The predicted molar refractivity (Wildman–Crippen MR) is 141 cm³/mol. The minimum absolute atomic E-state index is 0.587. The Kier molecular flexibility index (Phi) is 4.42. The van der Waals surface area contributed by atoms with Gasteiger partial charge in [-0.05, 0) is 47.2 Å². The molecule has 5 aromatic carbocycles. The number of fused-ring (bicyclic) bond motifs is 3. The molecule has 0 aliphatic carbocycles. The van der Waals surface area contributed by atoms with Crippen LogP contribution in [0.2, 0.25) is 0 Å². The first-order valence-electron chi connectivity index (χ1n) is 11.5. The number of para-hydroxylation sites is 3. The standard InChI is InChI=1S/C31H19N3O/c1-2-9-21-18-22(17-16-20(21)8-1)29-25-12-3-4-13-26(25)32-30(34-29)23-10-7-11-24(19-23)31-33-27-14-5-6-15-28(27)35-31/h1-19H. The maximum absolute atomic E-state index is 6.00. The smallest absolute Gasteiger partial charge is 0.227 e. The topological polar surface area (TPSA) is 51.8 Å². The Balaban J connectivity index is 1.40. The number of nitrogens with zero attached hydrogens (tertiary/aromatic N) is 3. The second-order valence-corrected chi connectivity index (χ2v) is 8.54. The van der Waals surface area contributed by atoms with Crippen LogP contribution in [-0.2, 0) is 0 Å². The maximum Gasteiger partial charge on any atom is 0.227 e. The molecule has 2 heterocycles. The van der Waals surface area contributed by atoms with E-state index >= 15 is 0 Å². The van der Waals surface area contributed by atoms with Crippen molar-refractivity contribution in [2.45, 2.75) is 0 Å². The van der Waals surface area contributed by atoms with Crippen LogP contribution in [-0.4, -0.2) is 15.0 Å². The van der Waals surface area contributed by atoms with E-state index in [1.165, 1.54) is 10.8 Å². The highest BCUT2D eigenvalue weighted by Crippen LogP contribution is 2.32. The van der Waals surface area contributed by atoms with Crippen molar-refractivity contribution in [3.63, 3.8) is 0 Å². The Morgan fingerprint density at radius 2 is 1.26 bits per heavy atom. The summed E-state index contributed by atoms with van der Waals surface area (Å²) in [4.78, 5) is 14.6. The van der Waals surface area contributed by atoms with Gasteiger partial charge in [-0.2, -0.15) is 0 Å². The molecule has 0 aliphatic rings. The Morgan fingerprint density at radius 3 is 2.17 bits per heavy atom. The van der Waals surface area contributed by atoms with E-state index in [-0.39, 0.29) is 0 Å². The van der Waals surface area contributed by atoms with Crippen LogP contribution in [0.3, 0.4) is 0 Å². The molecule has 7 aromatic rings. The second-order valence-electron chi connectivity index (χ2n) is 8.54. The molecular formula is C31H19N3O. The van der Waals surface area contributed by atoms with Crippen LogP contribution in [0, 0.1) is 0 Å². The van der Waals surface area contributed by atoms with E-state index in [1.807, 2.05) is 66.7 Å². The summed E-state index contributed by atoms with van der Waals surface area (Å²) < 4.78 is 6.00. The molecule has 164 valence electrons. The maximum atomic E-state index is 6.00. The van der Waals surface area contributed by atoms with E-state index in [2.05, 4.69) is 53.5 Å². The van der Waals surface area contributed by atoms with Crippen molar-refractivity contribution in [2.24, 2.45) is 0 Å². The molecule has 0 radical (unpaired) electrons. The molecule has 7 rings (SSSR count). The largest absolute Gasteiger partial charge is 0.436 e. The number of benzene rings is 5. The van der Waals surface area contributed by atoms with Crippen LogP contribution in [0.4, 0.5) is 0 Å². The van der Waals surface area contributed by atoms with Gasteiger partial charge in [0.1, 0.15) is 5.52 Å². The van der Waals surface area contributed by atoms with E-state index in [0.717, 1.165) is 44.4 Å². The molecule has 0 aliphatic heterocycles. The molecule has 2 aromatic heterocycles. The molecule has 4 nitrogen and oxygen atoms in total. The summed E-state index contributed by atoms with van der Waals surface area (Å²) in [5, 5.41) is 3.43. The monoisotopic (exact) mass is 449 g/mol. The third-order valence-corrected chi connectivity index (χ3v) is 6.29. The van der Waals surface area contributed by atoms with Gasteiger partial charge >= 0.3 is 0 Å². The lowest BCUT2D eigenvalue weighted by Crippen LogP contribution is -1.95. The summed E-state index contributed by atoms with van der Waals surface area (Å²) in [6.45, 7) is 0. The Morgan fingerprint density at radius 1 is 0.486 bits per heavy atom. The van der Waals surface area contributed by atoms with Crippen LogP contribution in [0.25, 0.3) is 66.9 Å². The van der Waals surface area contributed by atoms with E-state index in [9.17, 15) is 0 Å². The summed E-state index contributed by atoms with van der Waals surface area (Å²) in [5.41, 5.74) is 6.32. The van der Waals surface area contributed by atoms with Crippen LogP contribution >= 0.6 is 0 Å². The predicted octanol–water partition coefficient (Wildman–Crippen LogP) is 7.93. The first kappa shape index (κ1) is 19.6. The zero-order valence-corrected chi connectivity index (χ0v) is 18.7. The fourth-order valence-corrected chi connectivity index (χ4v) is 4.55. The first-order chi connectivity index (χ1) is 17.3. The summed E-state index contributed by atoms with van der Waals surface area (Å²) in [7, 11) is 0. The average Bonchev–Trinajstić information content (AvgIpc) is 3.37. The molecule has 35 heavy (non-hydrogen) atoms. The van der Waals surface area contributed by atoms with Crippen molar-refractivity contribution in [3.8, 4) is 34.1 Å². The Labute approximate surface area is 201 Å². The molecule has 0 spiro atoms. The molecule has 0 unspecified atom stereocenters. The van der Waals surface area contributed by atoms with Crippen molar-refractivity contribution in [3.05, 3.63) is 115 Å². The quantitative estimate of drug-likeness (QED) is 0.275. The third-order valence-electron chi connectivity index (χ3n) is 6.29. The molecule has 0 bridgehead atoms. The van der Waals surface area contributed by atoms with Crippen LogP contribution in [0.1, 0.15) is 0 Å². The first-order valence-corrected chi connectivity index (χ1v) is 11.5. The van der Waals surface area contributed by atoms with Crippen molar-refractivity contribution >= 4 is 32.8 Å². The molecule has 4 heteroatoms. The number of oxazole rings is 1. The van der Waals surface area contributed by atoms with E-state index < -0.39 is 0 Å². The van der Waals surface area contributed by atoms with Gasteiger partial charge in [-0.25, -0.2) is 15.0 Å². The lowest BCUT2D eigenvalue weighted by molar-refractivity contribution is 0.620. The van der Waals surface area contributed by atoms with E-state index in [1.54, 1.807) is 0 Å². The normalized spacial score (nSPS) is 11.4. The highest BCUT2D eigenvalue weighted by atomic mass is 16.3. The lowest BCUT2D eigenvalue weighted by Gasteiger charge is -2.10. The minimum Gasteiger partial charge on any atom is -0.436 e. The van der Waals surface area contributed by atoms with Gasteiger partial charge in [-0.3, -0.25) is 0 Å². The second kappa shape index (κ2) is 7.89. The fraction of sp³-hybridized carbons (Fsp3) is 0. The van der Waals surface area contributed by atoms with Gasteiger partial charge < -0.3 is 4.42 Å². The van der Waals surface area contributed by atoms with Crippen molar-refractivity contribution in [1.29, 1.82) is 0 Å². The van der Waals surface area contributed by atoms with Crippen LogP contribution in [0.15, 0.2) is 120 Å². The summed E-state index contributed by atoms with van der Waals surface area (Å²) in [6.07, 6.45) is 0. The number of hydrogen-bond acceptors (Lipinski definition) is 4. The molecular weight excluding hydrogens is 430 g/mol. The lowest BCUT2D eigenvalue weighted by atomic mass is 10.0. The average molecular weight is 450 g/mol. The molecule has 0 amide bonds. The van der Waals surface area contributed by atoms with Gasteiger partial charge in [0, 0.05) is 22.1 Å². The molecule has 0 N–H and O–H groups in total. The SMILES string of the molecule is c1cc(-c2nc(-c3ccc4ccccc4c3)c3ccccc3n2)cc(-c2nc3ccccc3o2)c1. The minimum atomic E-state index is 0.587. The van der Waals surface area contributed by atoms with Gasteiger partial charge in [0.15, 0.2) is 11.4 Å². The van der Waals surface area contributed by atoms with Gasteiger partial charge in [-0.1, -0.05) is 78.9 Å². The number of hydrogen-bond donors (Lipinski definition) is 0. The summed E-state index contributed by atoms with van der Waals surface area (Å²) in [6, 6.07) is 38.9. The number of rotatable bonds is 3. The Hall–Kier alpha value is -4.83. The number of aromatic nitrogens is 3. The zero-order valence-electron chi connectivity index (χ0n) is 18.7. The van der Waals surface area contributed by atoms with E-state index in [4.69, 9.17) is 14.4 Å². The van der Waals surface area contributed by atoms with Crippen molar-refractivity contribution in [2.75, 3.05) is 0 Å². The van der Waals surface area contributed by atoms with Gasteiger partial charge in [0.25, 0.3) is 0 Å². The van der Waals surface area contributed by atoms with Crippen LogP contribution < -0.4 is 0 Å². The zero-order chi connectivity index (χ0) is 23.2. The van der Waals surface area contributed by atoms with Gasteiger partial charge in [-0.15, -0.1) is 0 Å². The van der Waals surface area contributed by atoms with Gasteiger partial charge in [0.2, 0.25) is 5.89 Å².